The second-order valence-electron chi connectivity index (χ2n) is 4.77. The molecule has 110 valence electrons. The molecule has 1 unspecified atom stereocenters. The van der Waals surface area contributed by atoms with Crippen LogP contribution in [0.2, 0.25) is 0 Å². The fourth-order valence-corrected chi connectivity index (χ4v) is 3.81. The van der Waals surface area contributed by atoms with E-state index in [1.165, 1.54) is 0 Å². The van der Waals surface area contributed by atoms with Gasteiger partial charge in [0.15, 0.2) is 16.4 Å². The van der Waals surface area contributed by atoms with Gasteiger partial charge in [-0.15, -0.1) is 0 Å². The van der Waals surface area contributed by atoms with E-state index in [4.69, 9.17) is 10.5 Å². The van der Waals surface area contributed by atoms with Crippen molar-refractivity contribution in [3.8, 4) is 5.75 Å². The van der Waals surface area contributed by atoms with Crippen molar-refractivity contribution >= 4 is 15.7 Å². The van der Waals surface area contributed by atoms with Gasteiger partial charge in [0.05, 0.1) is 11.5 Å². The Morgan fingerprint density at radius 1 is 1.40 bits per heavy atom. The summed E-state index contributed by atoms with van der Waals surface area (Å²) in [4.78, 5) is 11.7. The molecule has 7 heteroatoms. The molecule has 0 spiro atoms. The van der Waals surface area contributed by atoms with E-state index in [0.29, 0.717) is 18.7 Å². The van der Waals surface area contributed by atoms with Crippen LogP contribution in [0.15, 0.2) is 24.3 Å². The Hall–Kier alpha value is -1.60. The molecule has 0 aliphatic carbocycles. The van der Waals surface area contributed by atoms with Crippen LogP contribution in [0.25, 0.3) is 0 Å². The number of amides is 1. The normalized spacial score (nSPS) is 20.6. The molecule has 1 heterocycles. The van der Waals surface area contributed by atoms with Gasteiger partial charge in [-0.3, -0.25) is 4.79 Å². The van der Waals surface area contributed by atoms with Crippen LogP contribution in [-0.4, -0.2) is 38.5 Å². The topological polar surface area (TPSA) is 98.5 Å². The standard InChI is InChI=1S/C13H18N2O4S/c14-7-10-3-1-2-4-12(10)19-8-13(16)15-11-5-6-20(17,18)9-11/h1-4,11H,5-9,14H2,(H,15,16). The Morgan fingerprint density at radius 3 is 2.80 bits per heavy atom. The number of nitrogens with two attached hydrogens (primary N) is 1. The highest BCUT2D eigenvalue weighted by Gasteiger charge is 2.28. The highest BCUT2D eigenvalue weighted by molar-refractivity contribution is 7.91. The lowest BCUT2D eigenvalue weighted by Crippen LogP contribution is -2.38. The lowest BCUT2D eigenvalue weighted by atomic mass is 10.2. The maximum Gasteiger partial charge on any atom is 0.258 e. The number of rotatable bonds is 5. The molecule has 1 aromatic carbocycles. The number of hydrogen-bond donors (Lipinski definition) is 2. The van der Waals surface area contributed by atoms with E-state index in [9.17, 15) is 13.2 Å². The number of benzene rings is 1. The maximum absolute atomic E-state index is 11.7. The predicted octanol–water partition coefficient (Wildman–Crippen LogP) is -0.173. The second-order valence-corrected chi connectivity index (χ2v) is 7.00. The van der Waals surface area contributed by atoms with Gasteiger partial charge in [0.2, 0.25) is 0 Å². The summed E-state index contributed by atoms with van der Waals surface area (Å²) in [6.07, 6.45) is 0.466. The van der Waals surface area contributed by atoms with Gasteiger partial charge in [-0.2, -0.15) is 0 Å². The fraction of sp³-hybridized carbons (Fsp3) is 0.462. The lowest BCUT2D eigenvalue weighted by molar-refractivity contribution is -0.123. The largest absolute Gasteiger partial charge is 0.483 e. The third-order valence-electron chi connectivity index (χ3n) is 3.15. The summed E-state index contributed by atoms with van der Waals surface area (Å²) in [6.45, 7) is 0.187. The molecular formula is C13H18N2O4S. The first-order valence-corrected chi connectivity index (χ1v) is 8.23. The van der Waals surface area contributed by atoms with Crippen LogP contribution in [0.5, 0.6) is 5.75 Å². The Morgan fingerprint density at radius 2 is 2.15 bits per heavy atom. The number of carbonyl (C=O) groups excluding carboxylic acids is 1. The summed E-state index contributed by atoms with van der Waals surface area (Å²) < 4.78 is 28.0. The zero-order valence-corrected chi connectivity index (χ0v) is 11.9. The molecule has 3 N–H and O–H groups in total. The van der Waals surface area contributed by atoms with Crippen LogP contribution in [0.1, 0.15) is 12.0 Å². The van der Waals surface area contributed by atoms with E-state index in [0.717, 1.165) is 5.56 Å². The maximum atomic E-state index is 11.7. The zero-order valence-electron chi connectivity index (χ0n) is 11.0. The molecule has 1 saturated heterocycles. The number of carbonyl (C=O) groups is 1. The quantitative estimate of drug-likeness (QED) is 0.786. The van der Waals surface area contributed by atoms with Crippen LogP contribution in [0.4, 0.5) is 0 Å². The molecular weight excluding hydrogens is 280 g/mol. The summed E-state index contributed by atoms with van der Waals surface area (Å²) in [7, 11) is -2.99. The molecule has 2 rings (SSSR count). The average Bonchev–Trinajstić information content (AvgIpc) is 2.76. The van der Waals surface area contributed by atoms with E-state index in [1.54, 1.807) is 12.1 Å². The highest BCUT2D eigenvalue weighted by atomic mass is 32.2. The third kappa shape index (κ3) is 3.94. The van der Waals surface area contributed by atoms with Gasteiger partial charge in [0, 0.05) is 18.2 Å². The molecule has 0 saturated carbocycles. The molecule has 20 heavy (non-hydrogen) atoms. The van der Waals surface area contributed by atoms with Crippen molar-refractivity contribution in [2.75, 3.05) is 18.1 Å². The monoisotopic (exact) mass is 298 g/mol. The van der Waals surface area contributed by atoms with Crippen molar-refractivity contribution in [2.24, 2.45) is 5.73 Å². The van der Waals surface area contributed by atoms with Crippen molar-refractivity contribution in [1.82, 2.24) is 5.32 Å². The molecule has 1 fully saturated rings. The summed E-state index contributed by atoms with van der Waals surface area (Å²) in [5.74, 6) is 0.399. The van der Waals surface area contributed by atoms with Crippen LogP contribution in [0.3, 0.4) is 0 Å². The van der Waals surface area contributed by atoms with Crippen molar-refractivity contribution < 1.29 is 17.9 Å². The van der Waals surface area contributed by atoms with Gasteiger partial charge in [-0.1, -0.05) is 18.2 Å². The molecule has 1 atom stereocenters. The van der Waals surface area contributed by atoms with Crippen LogP contribution < -0.4 is 15.8 Å². The molecule has 1 amide bonds. The average molecular weight is 298 g/mol. The minimum atomic E-state index is -2.99. The molecule has 0 aromatic heterocycles. The van der Waals surface area contributed by atoms with Gasteiger partial charge in [0.1, 0.15) is 5.75 Å². The first-order chi connectivity index (χ1) is 9.50. The number of nitrogens with one attached hydrogen (secondary N) is 1. The summed E-state index contributed by atoms with van der Waals surface area (Å²) >= 11 is 0. The lowest BCUT2D eigenvalue weighted by Gasteiger charge is -2.13. The van der Waals surface area contributed by atoms with E-state index in [2.05, 4.69) is 5.32 Å². The van der Waals surface area contributed by atoms with Crippen molar-refractivity contribution in [3.05, 3.63) is 29.8 Å². The molecule has 1 aliphatic rings. The Bertz CT molecular complexity index is 586. The minimum Gasteiger partial charge on any atom is -0.483 e. The van der Waals surface area contributed by atoms with Gasteiger partial charge in [0.25, 0.3) is 5.91 Å². The van der Waals surface area contributed by atoms with E-state index in [1.807, 2.05) is 12.1 Å². The highest BCUT2D eigenvalue weighted by Crippen LogP contribution is 2.17. The minimum absolute atomic E-state index is 0.0120. The summed E-state index contributed by atoms with van der Waals surface area (Å²) in [6, 6.07) is 6.92. The fourth-order valence-electron chi connectivity index (χ4n) is 2.13. The van der Waals surface area contributed by atoms with Gasteiger partial charge >= 0.3 is 0 Å². The SMILES string of the molecule is NCc1ccccc1OCC(=O)NC1CCS(=O)(=O)C1. The Balaban J connectivity index is 1.84. The zero-order chi connectivity index (χ0) is 14.6. The van der Waals surface area contributed by atoms with Crippen LogP contribution >= 0.6 is 0 Å². The molecule has 6 nitrogen and oxygen atoms in total. The van der Waals surface area contributed by atoms with E-state index >= 15 is 0 Å². The van der Waals surface area contributed by atoms with Crippen molar-refractivity contribution in [3.63, 3.8) is 0 Å². The third-order valence-corrected chi connectivity index (χ3v) is 4.92. The van der Waals surface area contributed by atoms with Crippen LogP contribution in [-0.2, 0) is 21.2 Å². The second kappa shape index (κ2) is 6.23. The number of ether oxygens (including phenoxy) is 1. The molecule has 0 radical (unpaired) electrons. The molecule has 1 aromatic rings. The number of para-hydroxylation sites is 1. The Labute approximate surface area is 118 Å². The first-order valence-electron chi connectivity index (χ1n) is 6.41. The first kappa shape index (κ1) is 14.8. The van der Waals surface area contributed by atoms with Gasteiger partial charge in [-0.25, -0.2) is 8.42 Å². The smallest absolute Gasteiger partial charge is 0.258 e. The summed E-state index contributed by atoms with van der Waals surface area (Å²) in [5, 5.41) is 2.67. The number of hydrogen-bond acceptors (Lipinski definition) is 5. The van der Waals surface area contributed by atoms with E-state index in [-0.39, 0.29) is 30.1 Å². The van der Waals surface area contributed by atoms with Gasteiger partial charge < -0.3 is 15.8 Å². The van der Waals surface area contributed by atoms with Gasteiger partial charge in [-0.05, 0) is 12.5 Å². The van der Waals surface area contributed by atoms with Crippen molar-refractivity contribution in [1.29, 1.82) is 0 Å². The van der Waals surface area contributed by atoms with Crippen LogP contribution in [0, 0.1) is 0 Å². The Kier molecular flexibility index (Phi) is 4.61. The molecule has 1 aliphatic heterocycles. The molecule has 0 bridgehead atoms. The summed E-state index contributed by atoms with van der Waals surface area (Å²) in [5.41, 5.74) is 6.39. The van der Waals surface area contributed by atoms with E-state index < -0.39 is 9.84 Å². The number of sulfone groups is 1. The predicted molar refractivity (Wildman–Crippen MR) is 75.0 cm³/mol. The van der Waals surface area contributed by atoms with Crippen molar-refractivity contribution in [2.45, 2.75) is 19.0 Å².